The summed E-state index contributed by atoms with van der Waals surface area (Å²) >= 11 is 5.99. The third-order valence-electron chi connectivity index (χ3n) is 2.82. The zero-order chi connectivity index (χ0) is 14.7. The van der Waals surface area contributed by atoms with Crippen molar-refractivity contribution >= 4 is 17.4 Å². The van der Waals surface area contributed by atoms with Crippen LogP contribution in [0.5, 0.6) is 5.88 Å². The first-order valence-electron chi connectivity index (χ1n) is 6.46. The van der Waals surface area contributed by atoms with Crippen LogP contribution in [0.25, 0.3) is 0 Å². The monoisotopic (exact) mass is 294 g/mol. The molecule has 0 saturated heterocycles. The summed E-state index contributed by atoms with van der Waals surface area (Å²) < 4.78 is 7.56. The molecule has 0 unspecified atom stereocenters. The Morgan fingerprint density at radius 2 is 2.15 bits per heavy atom. The van der Waals surface area contributed by atoms with Gasteiger partial charge in [0.1, 0.15) is 0 Å². The third-order valence-corrected chi connectivity index (χ3v) is 3.03. The summed E-state index contributed by atoms with van der Waals surface area (Å²) in [5, 5.41) is 0.735. The van der Waals surface area contributed by atoms with E-state index in [0.717, 1.165) is 16.5 Å². The van der Waals surface area contributed by atoms with Crippen LogP contribution in [0.1, 0.15) is 19.5 Å². The van der Waals surface area contributed by atoms with Crippen LogP contribution in [-0.2, 0) is 13.6 Å². The molecule has 0 aromatic carbocycles. The summed E-state index contributed by atoms with van der Waals surface area (Å²) in [6.07, 6.45) is 5.31. The van der Waals surface area contributed by atoms with E-state index in [0.29, 0.717) is 12.4 Å². The quantitative estimate of drug-likeness (QED) is 0.850. The van der Waals surface area contributed by atoms with Gasteiger partial charge in [-0.2, -0.15) is 4.98 Å². The lowest BCUT2D eigenvalue weighted by Gasteiger charge is -2.19. The van der Waals surface area contributed by atoms with Gasteiger partial charge in [-0.05, 0) is 19.9 Å². The fraction of sp³-hybridized carbons (Fsp3) is 0.429. The highest BCUT2D eigenvalue weighted by Gasteiger charge is 2.09. The van der Waals surface area contributed by atoms with E-state index in [1.165, 1.54) is 0 Å². The molecule has 0 bridgehead atoms. The van der Waals surface area contributed by atoms with E-state index in [1.54, 1.807) is 12.4 Å². The van der Waals surface area contributed by atoms with Crippen molar-refractivity contribution in [1.29, 1.82) is 0 Å². The minimum Gasteiger partial charge on any atom is -0.474 e. The Kier molecular flexibility index (Phi) is 4.49. The van der Waals surface area contributed by atoms with E-state index >= 15 is 0 Å². The van der Waals surface area contributed by atoms with Crippen LogP contribution < -0.4 is 9.64 Å². The predicted octanol–water partition coefficient (Wildman–Crippen LogP) is 2.89. The van der Waals surface area contributed by atoms with Crippen LogP contribution in [0.2, 0.25) is 5.02 Å². The number of aromatic nitrogens is 3. The topological polar surface area (TPSA) is 43.2 Å². The molecule has 0 aliphatic rings. The molecule has 0 radical (unpaired) electrons. The minimum atomic E-state index is 0.0801. The molecule has 0 aliphatic carbocycles. The van der Waals surface area contributed by atoms with E-state index in [1.807, 2.05) is 49.7 Å². The molecule has 0 atom stereocenters. The van der Waals surface area contributed by atoms with Gasteiger partial charge < -0.3 is 14.2 Å². The van der Waals surface area contributed by atoms with Gasteiger partial charge in [0.15, 0.2) is 5.82 Å². The Bertz CT molecular complexity index is 582. The number of hydrogen-bond donors (Lipinski definition) is 0. The van der Waals surface area contributed by atoms with Crippen LogP contribution in [0.3, 0.4) is 0 Å². The Hall–Kier alpha value is -1.75. The predicted molar refractivity (Wildman–Crippen MR) is 80.3 cm³/mol. The van der Waals surface area contributed by atoms with E-state index in [-0.39, 0.29) is 6.10 Å². The number of rotatable bonds is 5. The van der Waals surface area contributed by atoms with Gasteiger partial charge in [0.2, 0.25) is 5.88 Å². The van der Waals surface area contributed by atoms with Crippen LogP contribution in [-0.4, -0.2) is 27.7 Å². The number of nitrogens with zero attached hydrogens (tertiary/aromatic N) is 4. The molecule has 0 amide bonds. The summed E-state index contributed by atoms with van der Waals surface area (Å²) in [6.45, 7) is 4.62. The Morgan fingerprint density at radius 3 is 2.75 bits per heavy atom. The van der Waals surface area contributed by atoms with Crippen molar-refractivity contribution in [2.24, 2.45) is 7.05 Å². The fourth-order valence-corrected chi connectivity index (χ4v) is 2.14. The van der Waals surface area contributed by atoms with Crippen molar-refractivity contribution in [2.75, 3.05) is 11.9 Å². The Morgan fingerprint density at radius 1 is 1.40 bits per heavy atom. The van der Waals surface area contributed by atoms with Gasteiger partial charge in [-0.25, -0.2) is 0 Å². The first-order chi connectivity index (χ1) is 9.45. The van der Waals surface area contributed by atoms with Gasteiger partial charge in [-0.1, -0.05) is 11.6 Å². The van der Waals surface area contributed by atoms with Gasteiger partial charge in [0.25, 0.3) is 0 Å². The van der Waals surface area contributed by atoms with Crippen LogP contribution in [0.4, 0.5) is 5.82 Å². The zero-order valence-corrected chi connectivity index (χ0v) is 12.9. The highest BCUT2D eigenvalue weighted by molar-refractivity contribution is 6.30. The smallest absolute Gasteiger partial charge is 0.234 e. The Balaban J connectivity index is 2.12. The summed E-state index contributed by atoms with van der Waals surface area (Å²) in [4.78, 5) is 10.6. The number of halogens is 1. The second kappa shape index (κ2) is 6.13. The highest BCUT2D eigenvalue weighted by Crippen LogP contribution is 2.18. The Labute approximate surface area is 124 Å². The van der Waals surface area contributed by atoms with Gasteiger partial charge in [-0.15, -0.1) is 0 Å². The second-order valence-corrected chi connectivity index (χ2v) is 5.44. The largest absolute Gasteiger partial charge is 0.474 e. The number of anilines is 1. The average Bonchev–Trinajstić information content (AvgIpc) is 2.67. The van der Waals surface area contributed by atoms with Crippen molar-refractivity contribution < 1.29 is 4.74 Å². The maximum Gasteiger partial charge on any atom is 0.234 e. The lowest BCUT2D eigenvalue weighted by atomic mass is 10.4. The van der Waals surface area contributed by atoms with Crippen molar-refractivity contribution in [3.8, 4) is 5.88 Å². The second-order valence-electron chi connectivity index (χ2n) is 5.00. The highest BCUT2D eigenvalue weighted by atomic mass is 35.5. The van der Waals surface area contributed by atoms with Crippen molar-refractivity contribution in [1.82, 2.24) is 14.5 Å². The molecule has 0 fully saturated rings. The molecule has 2 heterocycles. The maximum absolute atomic E-state index is 5.99. The summed E-state index contributed by atoms with van der Waals surface area (Å²) in [6, 6.07) is 1.94. The molecule has 20 heavy (non-hydrogen) atoms. The number of ether oxygens (including phenoxy) is 1. The molecule has 0 saturated carbocycles. The SMILES string of the molecule is CC(C)Oc1cncc(N(C)Cc2cc(Cl)cn2C)n1. The van der Waals surface area contributed by atoms with Gasteiger partial charge >= 0.3 is 0 Å². The van der Waals surface area contributed by atoms with E-state index in [9.17, 15) is 0 Å². The first kappa shape index (κ1) is 14.7. The van der Waals surface area contributed by atoms with E-state index in [2.05, 4.69) is 9.97 Å². The molecule has 108 valence electrons. The van der Waals surface area contributed by atoms with Gasteiger partial charge in [0, 0.05) is 26.0 Å². The normalized spacial score (nSPS) is 10.9. The fourth-order valence-electron chi connectivity index (χ4n) is 1.87. The molecule has 0 N–H and O–H groups in total. The van der Waals surface area contributed by atoms with Gasteiger partial charge in [0.05, 0.1) is 30.1 Å². The number of aryl methyl sites for hydroxylation is 1. The molecule has 0 aliphatic heterocycles. The molecule has 6 heteroatoms. The van der Waals surface area contributed by atoms with Crippen molar-refractivity contribution in [3.63, 3.8) is 0 Å². The molecule has 0 spiro atoms. The third kappa shape index (κ3) is 3.63. The van der Waals surface area contributed by atoms with Crippen LogP contribution in [0, 0.1) is 0 Å². The summed E-state index contributed by atoms with van der Waals surface area (Å²) in [5.74, 6) is 1.30. The summed E-state index contributed by atoms with van der Waals surface area (Å²) in [7, 11) is 3.93. The molecular weight excluding hydrogens is 276 g/mol. The van der Waals surface area contributed by atoms with Crippen LogP contribution in [0.15, 0.2) is 24.7 Å². The molecule has 2 rings (SSSR count). The van der Waals surface area contributed by atoms with E-state index < -0.39 is 0 Å². The summed E-state index contributed by atoms with van der Waals surface area (Å²) in [5.41, 5.74) is 1.11. The number of hydrogen-bond acceptors (Lipinski definition) is 4. The zero-order valence-electron chi connectivity index (χ0n) is 12.2. The molecular formula is C14H19ClN4O. The van der Waals surface area contributed by atoms with Crippen LogP contribution >= 0.6 is 11.6 Å². The van der Waals surface area contributed by atoms with Crippen molar-refractivity contribution in [3.05, 3.63) is 35.4 Å². The molecule has 2 aromatic rings. The van der Waals surface area contributed by atoms with Gasteiger partial charge in [-0.3, -0.25) is 4.98 Å². The maximum atomic E-state index is 5.99. The van der Waals surface area contributed by atoms with E-state index in [4.69, 9.17) is 16.3 Å². The van der Waals surface area contributed by atoms with Crippen molar-refractivity contribution in [2.45, 2.75) is 26.5 Å². The molecule has 2 aromatic heterocycles. The lowest BCUT2D eigenvalue weighted by molar-refractivity contribution is 0.231. The minimum absolute atomic E-state index is 0.0801. The first-order valence-corrected chi connectivity index (χ1v) is 6.84. The standard InChI is InChI=1S/C14H19ClN4O/c1-10(2)20-14-7-16-6-13(17-14)19(4)9-12-5-11(15)8-18(12)3/h5-8,10H,9H2,1-4H3. The average molecular weight is 295 g/mol. The lowest BCUT2D eigenvalue weighted by Crippen LogP contribution is -2.20. The molecule has 5 nitrogen and oxygen atoms in total.